The zero-order chi connectivity index (χ0) is 27.5. The summed E-state index contributed by atoms with van der Waals surface area (Å²) in [6.07, 6.45) is -3.54. The van der Waals surface area contributed by atoms with Gasteiger partial charge in [0, 0.05) is 23.9 Å². The number of ketones is 1. The number of urea groups is 1. The van der Waals surface area contributed by atoms with Gasteiger partial charge in [0.1, 0.15) is 6.04 Å². The van der Waals surface area contributed by atoms with Gasteiger partial charge in [-0.2, -0.15) is 18.4 Å². The lowest BCUT2D eigenvalue weighted by Gasteiger charge is -2.41. The molecular formula is C23H18F3N3O6S2. The minimum atomic E-state index is -4.76. The molecule has 4 rings (SSSR count). The minimum absolute atomic E-state index is 0.0250. The first-order chi connectivity index (χ1) is 17.1. The van der Waals surface area contributed by atoms with Crippen LogP contribution in [0, 0.1) is 11.3 Å². The van der Waals surface area contributed by atoms with Crippen LogP contribution in [0.25, 0.3) is 0 Å². The molecule has 2 amide bonds. The predicted molar refractivity (Wildman–Crippen MR) is 124 cm³/mol. The number of nitrogens with zero attached hydrogens (tertiary/aromatic N) is 3. The van der Waals surface area contributed by atoms with Crippen LogP contribution in [0.2, 0.25) is 0 Å². The largest absolute Gasteiger partial charge is 0.416 e. The normalized spacial score (nSPS) is 18.8. The van der Waals surface area contributed by atoms with Gasteiger partial charge in [-0.3, -0.25) is 9.69 Å². The van der Waals surface area contributed by atoms with Crippen molar-refractivity contribution in [3.8, 4) is 6.07 Å². The van der Waals surface area contributed by atoms with E-state index < -0.39 is 54.4 Å². The molecule has 37 heavy (non-hydrogen) atoms. The molecule has 0 fully saturated rings. The monoisotopic (exact) mass is 553 g/mol. The molecule has 0 radical (unpaired) electrons. The van der Waals surface area contributed by atoms with E-state index in [1.165, 1.54) is 12.1 Å². The number of hydrogen-bond acceptors (Lipinski definition) is 7. The molecule has 1 heterocycles. The zero-order valence-electron chi connectivity index (χ0n) is 19.3. The van der Waals surface area contributed by atoms with Crippen LogP contribution in [-0.4, -0.2) is 45.5 Å². The number of allylic oxidation sites excluding steroid dienone is 1. The van der Waals surface area contributed by atoms with Gasteiger partial charge in [0.25, 0.3) is 0 Å². The highest BCUT2D eigenvalue weighted by atomic mass is 32.2. The number of nitriles is 1. The zero-order valence-corrected chi connectivity index (χ0v) is 20.9. The number of carbonyl (C=O) groups excluding carboxylic acids is 2. The van der Waals surface area contributed by atoms with E-state index in [1.54, 1.807) is 6.07 Å². The molecule has 0 bridgehead atoms. The lowest BCUT2D eigenvalue weighted by Crippen LogP contribution is -2.52. The molecule has 1 aliphatic carbocycles. The Bertz CT molecular complexity index is 1640. The van der Waals surface area contributed by atoms with E-state index in [9.17, 15) is 44.9 Å². The molecule has 194 valence electrons. The maximum Gasteiger partial charge on any atom is 0.416 e. The molecule has 2 aromatic rings. The maximum atomic E-state index is 13.7. The Balaban J connectivity index is 2.06. The highest BCUT2D eigenvalue weighted by Gasteiger charge is 2.50. The minimum Gasteiger partial charge on any atom is -0.294 e. The van der Waals surface area contributed by atoms with Crippen LogP contribution in [0.3, 0.4) is 0 Å². The third-order valence-corrected chi connectivity index (χ3v) is 8.22. The second-order valence-electron chi connectivity index (χ2n) is 8.55. The number of Topliss-reactive ketones (excluding diaryl/α,β-unsaturated/α-hetero) is 1. The van der Waals surface area contributed by atoms with Crippen molar-refractivity contribution in [2.75, 3.05) is 17.4 Å². The topological polar surface area (TPSA) is 133 Å². The van der Waals surface area contributed by atoms with Crippen LogP contribution in [0.5, 0.6) is 0 Å². The summed E-state index contributed by atoms with van der Waals surface area (Å²) in [5.74, 6) is -0.595. The van der Waals surface area contributed by atoms with Gasteiger partial charge < -0.3 is 0 Å². The quantitative estimate of drug-likeness (QED) is 0.566. The van der Waals surface area contributed by atoms with Gasteiger partial charge in [0.05, 0.1) is 34.0 Å². The first-order valence-corrected chi connectivity index (χ1v) is 14.3. The molecule has 0 saturated carbocycles. The molecule has 14 heteroatoms. The number of anilines is 1. The SMILES string of the molecule is CS(=O)(=O)c1cc(C#N)ccc1[C@@H]1C2=C(CCC2=O)N(c2cccc(C(F)(F)F)c2)C(=O)N1S(C)(=O)=O. The summed E-state index contributed by atoms with van der Waals surface area (Å²) in [6, 6.07) is 5.84. The van der Waals surface area contributed by atoms with Crippen molar-refractivity contribution in [2.24, 2.45) is 0 Å². The smallest absolute Gasteiger partial charge is 0.294 e. The van der Waals surface area contributed by atoms with E-state index in [0.717, 1.165) is 35.4 Å². The number of sulfonamides is 1. The summed E-state index contributed by atoms with van der Waals surface area (Å²) in [4.78, 5) is 27.0. The highest BCUT2D eigenvalue weighted by Crippen LogP contribution is 2.47. The van der Waals surface area contributed by atoms with Gasteiger partial charge in [-0.05, 0) is 42.3 Å². The third kappa shape index (κ3) is 4.60. The van der Waals surface area contributed by atoms with Crippen LogP contribution >= 0.6 is 0 Å². The Morgan fingerprint density at radius 3 is 2.24 bits per heavy atom. The number of carbonyl (C=O) groups is 2. The van der Waals surface area contributed by atoms with Crippen molar-refractivity contribution in [1.29, 1.82) is 5.26 Å². The number of rotatable bonds is 4. The first-order valence-electron chi connectivity index (χ1n) is 10.6. The first kappa shape index (κ1) is 26.4. The van der Waals surface area contributed by atoms with Gasteiger partial charge in [0.15, 0.2) is 15.6 Å². The summed E-state index contributed by atoms with van der Waals surface area (Å²) in [5, 5.41) is 9.23. The fourth-order valence-corrected chi connectivity index (χ4v) is 6.42. The van der Waals surface area contributed by atoms with E-state index in [-0.39, 0.29) is 40.9 Å². The summed E-state index contributed by atoms with van der Waals surface area (Å²) in [5.41, 5.74) is -1.94. The van der Waals surface area contributed by atoms with Gasteiger partial charge in [-0.1, -0.05) is 12.1 Å². The molecule has 0 N–H and O–H groups in total. The Morgan fingerprint density at radius 2 is 1.68 bits per heavy atom. The van der Waals surface area contributed by atoms with E-state index in [0.29, 0.717) is 16.6 Å². The van der Waals surface area contributed by atoms with Crippen LogP contribution in [0.1, 0.15) is 35.6 Å². The molecular weight excluding hydrogens is 535 g/mol. The van der Waals surface area contributed by atoms with Crippen molar-refractivity contribution < 1.29 is 39.6 Å². The molecule has 1 atom stereocenters. The highest BCUT2D eigenvalue weighted by molar-refractivity contribution is 7.90. The third-order valence-electron chi connectivity index (χ3n) is 5.98. The summed E-state index contributed by atoms with van der Waals surface area (Å²) in [6.45, 7) is 0. The van der Waals surface area contributed by atoms with E-state index in [1.807, 2.05) is 0 Å². The van der Waals surface area contributed by atoms with E-state index in [2.05, 4.69) is 0 Å². The second kappa shape index (κ2) is 8.70. The number of amides is 2. The van der Waals surface area contributed by atoms with E-state index >= 15 is 0 Å². The second-order valence-corrected chi connectivity index (χ2v) is 12.4. The van der Waals surface area contributed by atoms with Crippen molar-refractivity contribution in [1.82, 2.24) is 4.31 Å². The molecule has 0 aromatic heterocycles. The molecule has 0 unspecified atom stereocenters. The lowest BCUT2D eigenvalue weighted by atomic mass is 9.93. The number of halogens is 3. The Labute approximate surface area is 210 Å². The van der Waals surface area contributed by atoms with Crippen molar-refractivity contribution in [3.05, 3.63) is 70.4 Å². The van der Waals surface area contributed by atoms with Gasteiger partial charge in [0.2, 0.25) is 10.0 Å². The number of sulfone groups is 1. The number of benzene rings is 2. The molecule has 1 aliphatic heterocycles. The van der Waals surface area contributed by atoms with Crippen LogP contribution in [0.4, 0.5) is 23.7 Å². The Morgan fingerprint density at radius 1 is 1.00 bits per heavy atom. The van der Waals surface area contributed by atoms with Gasteiger partial charge in [-0.25, -0.2) is 25.9 Å². The molecule has 0 spiro atoms. The maximum absolute atomic E-state index is 13.7. The van der Waals surface area contributed by atoms with Crippen molar-refractivity contribution in [2.45, 2.75) is 30.0 Å². The van der Waals surface area contributed by atoms with Crippen LogP contribution in [0.15, 0.2) is 58.6 Å². The van der Waals surface area contributed by atoms with Gasteiger partial charge >= 0.3 is 12.2 Å². The van der Waals surface area contributed by atoms with E-state index in [4.69, 9.17) is 0 Å². The van der Waals surface area contributed by atoms with Gasteiger partial charge in [-0.15, -0.1) is 0 Å². The number of hydrogen-bond donors (Lipinski definition) is 0. The number of alkyl halides is 3. The van der Waals surface area contributed by atoms with Crippen LogP contribution in [-0.2, 0) is 30.8 Å². The Hall–Kier alpha value is -3.70. The summed E-state index contributed by atoms with van der Waals surface area (Å²) in [7, 11) is -8.61. The standard InChI is InChI=1S/C23H18F3N3O6S2/c1-36(32,33)19-10-13(12-27)6-7-16(19)21-20-17(8-9-18(20)30)28(22(31)29(21)37(2,34)35)15-5-3-4-14(11-15)23(24,25)26/h3-7,10-11,21H,8-9H2,1-2H3/t21-/m1/s1. The molecule has 9 nitrogen and oxygen atoms in total. The molecule has 2 aliphatic rings. The predicted octanol–water partition coefficient (Wildman–Crippen LogP) is 3.54. The van der Waals surface area contributed by atoms with Crippen LogP contribution < -0.4 is 4.90 Å². The Kier molecular flexibility index (Phi) is 6.20. The fraction of sp³-hybridized carbons (Fsp3) is 0.261. The average Bonchev–Trinajstić information content (AvgIpc) is 3.17. The fourth-order valence-electron chi connectivity index (χ4n) is 4.50. The average molecular weight is 554 g/mol. The molecule has 2 aromatic carbocycles. The van der Waals surface area contributed by atoms with Crippen molar-refractivity contribution >= 4 is 37.4 Å². The summed E-state index contributed by atoms with van der Waals surface area (Å²) >= 11 is 0. The van der Waals surface area contributed by atoms with Crippen molar-refractivity contribution in [3.63, 3.8) is 0 Å². The summed E-state index contributed by atoms with van der Waals surface area (Å²) < 4.78 is 91.5. The molecule has 0 saturated heterocycles. The lowest BCUT2D eigenvalue weighted by molar-refractivity contribution is -0.137.